The number of hydrogen-bond acceptors (Lipinski definition) is 4. The van der Waals surface area contributed by atoms with Gasteiger partial charge in [-0.1, -0.05) is 13.8 Å². The summed E-state index contributed by atoms with van der Waals surface area (Å²) in [6, 6.07) is 4.72. The number of benzene rings is 1. The van der Waals surface area contributed by atoms with E-state index in [0.717, 1.165) is 4.31 Å². The van der Waals surface area contributed by atoms with Gasteiger partial charge in [-0.2, -0.15) is 4.31 Å². The molecule has 1 unspecified atom stereocenters. The van der Waals surface area contributed by atoms with Crippen LogP contribution < -0.4 is 4.74 Å². The first-order chi connectivity index (χ1) is 9.21. The highest BCUT2D eigenvalue weighted by Crippen LogP contribution is 2.22. The Hall–Kier alpha value is -1.60. The lowest BCUT2D eigenvalue weighted by atomic mass is 10.1. The van der Waals surface area contributed by atoms with E-state index in [0.29, 0.717) is 5.75 Å². The smallest absolute Gasteiger partial charge is 0.322 e. The molecule has 0 aromatic heterocycles. The highest BCUT2D eigenvalue weighted by atomic mass is 32.2. The maximum atomic E-state index is 12.4. The molecule has 0 saturated carbocycles. The summed E-state index contributed by atoms with van der Waals surface area (Å²) in [4.78, 5) is 11.3. The number of rotatable bonds is 6. The standard InChI is InChI=1S/C13H19NO5S/c1-9(2)12(13(15)16)14(3)20(17,18)11-7-5-10(19-4)6-8-11/h5-9,12H,1-4H3,(H,15,16). The third-order valence-electron chi connectivity index (χ3n) is 3.01. The Morgan fingerprint density at radius 3 is 2.10 bits per heavy atom. The van der Waals surface area contributed by atoms with Crippen molar-refractivity contribution in [2.75, 3.05) is 14.2 Å². The van der Waals surface area contributed by atoms with Gasteiger partial charge in [0.1, 0.15) is 11.8 Å². The molecule has 0 heterocycles. The van der Waals surface area contributed by atoms with Crippen molar-refractivity contribution in [2.24, 2.45) is 5.92 Å². The van der Waals surface area contributed by atoms with E-state index in [1.54, 1.807) is 13.8 Å². The van der Waals surface area contributed by atoms with Crippen LogP contribution in [0.1, 0.15) is 13.8 Å². The summed E-state index contributed by atoms with van der Waals surface area (Å²) >= 11 is 0. The molecule has 0 saturated heterocycles. The second-order valence-corrected chi connectivity index (χ2v) is 6.72. The first-order valence-corrected chi connectivity index (χ1v) is 7.50. The number of ether oxygens (including phenoxy) is 1. The third kappa shape index (κ3) is 3.29. The van der Waals surface area contributed by atoms with Crippen molar-refractivity contribution in [3.63, 3.8) is 0 Å². The topological polar surface area (TPSA) is 83.9 Å². The number of likely N-dealkylation sites (N-methyl/N-ethyl adjacent to an activating group) is 1. The van der Waals surface area contributed by atoms with Gasteiger partial charge in [-0.15, -0.1) is 0 Å². The van der Waals surface area contributed by atoms with Crippen LogP contribution in [0.15, 0.2) is 29.2 Å². The summed E-state index contributed by atoms with van der Waals surface area (Å²) in [6.45, 7) is 3.33. The zero-order chi connectivity index (χ0) is 15.5. The summed E-state index contributed by atoms with van der Waals surface area (Å²) in [5.41, 5.74) is 0. The molecule has 0 bridgehead atoms. The van der Waals surface area contributed by atoms with Crippen molar-refractivity contribution in [2.45, 2.75) is 24.8 Å². The van der Waals surface area contributed by atoms with Crippen LogP contribution in [0.2, 0.25) is 0 Å². The molecule has 0 radical (unpaired) electrons. The monoisotopic (exact) mass is 301 g/mol. The maximum Gasteiger partial charge on any atom is 0.322 e. The van der Waals surface area contributed by atoms with Gasteiger partial charge in [-0.05, 0) is 30.2 Å². The minimum absolute atomic E-state index is 0.0349. The van der Waals surface area contributed by atoms with Crippen molar-refractivity contribution in [1.82, 2.24) is 4.31 Å². The quantitative estimate of drug-likeness (QED) is 0.859. The molecule has 0 spiro atoms. The zero-order valence-electron chi connectivity index (χ0n) is 11.9. The minimum Gasteiger partial charge on any atom is -0.497 e. The van der Waals surface area contributed by atoms with Gasteiger partial charge in [0.05, 0.1) is 12.0 Å². The molecule has 0 aliphatic heterocycles. The fourth-order valence-electron chi connectivity index (χ4n) is 1.92. The molecule has 0 fully saturated rings. The fourth-order valence-corrected chi connectivity index (χ4v) is 3.37. The summed E-state index contributed by atoms with van der Waals surface area (Å²) < 4.78 is 30.7. The Bertz CT molecular complexity index is 565. The summed E-state index contributed by atoms with van der Waals surface area (Å²) in [5.74, 6) is -0.977. The number of sulfonamides is 1. The Kier molecular flexibility index (Phi) is 5.13. The summed E-state index contributed by atoms with van der Waals surface area (Å²) in [6.07, 6.45) is 0. The van der Waals surface area contributed by atoms with E-state index >= 15 is 0 Å². The lowest BCUT2D eigenvalue weighted by molar-refractivity contribution is -0.142. The normalized spacial score (nSPS) is 13.5. The number of carboxylic acids is 1. The highest BCUT2D eigenvalue weighted by molar-refractivity contribution is 7.89. The van der Waals surface area contributed by atoms with Crippen LogP contribution in [0.25, 0.3) is 0 Å². The van der Waals surface area contributed by atoms with Crippen molar-refractivity contribution >= 4 is 16.0 Å². The molecule has 7 heteroatoms. The first-order valence-electron chi connectivity index (χ1n) is 6.06. The van der Waals surface area contributed by atoms with Crippen LogP contribution in [0.5, 0.6) is 5.75 Å². The Balaban J connectivity index is 3.16. The van der Waals surface area contributed by atoms with E-state index in [2.05, 4.69) is 0 Å². The second kappa shape index (κ2) is 6.23. The van der Waals surface area contributed by atoms with Gasteiger partial charge < -0.3 is 9.84 Å². The Morgan fingerprint density at radius 2 is 1.75 bits per heavy atom. The molecule has 1 atom stereocenters. The maximum absolute atomic E-state index is 12.4. The van der Waals surface area contributed by atoms with Crippen LogP contribution in [0, 0.1) is 5.92 Å². The van der Waals surface area contributed by atoms with E-state index in [1.165, 1.54) is 38.4 Å². The van der Waals surface area contributed by atoms with Crippen LogP contribution >= 0.6 is 0 Å². The van der Waals surface area contributed by atoms with Crippen LogP contribution in [-0.2, 0) is 14.8 Å². The van der Waals surface area contributed by atoms with E-state index in [-0.39, 0.29) is 10.8 Å². The number of aliphatic carboxylic acids is 1. The molecule has 6 nitrogen and oxygen atoms in total. The van der Waals surface area contributed by atoms with Gasteiger partial charge in [0.25, 0.3) is 0 Å². The number of carboxylic acid groups (broad SMARTS) is 1. The molecular weight excluding hydrogens is 282 g/mol. The molecular formula is C13H19NO5S. The van der Waals surface area contributed by atoms with E-state index in [1.807, 2.05) is 0 Å². The van der Waals surface area contributed by atoms with Crippen molar-refractivity contribution in [1.29, 1.82) is 0 Å². The zero-order valence-corrected chi connectivity index (χ0v) is 12.7. The van der Waals surface area contributed by atoms with Crippen LogP contribution in [-0.4, -0.2) is 44.0 Å². The minimum atomic E-state index is -3.86. The molecule has 0 amide bonds. The predicted octanol–water partition coefficient (Wildman–Crippen LogP) is 1.42. The number of nitrogens with zero attached hydrogens (tertiary/aromatic N) is 1. The number of hydrogen-bond donors (Lipinski definition) is 1. The molecule has 20 heavy (non-hydrogen) atoms. The largest absolute Gasteiger partial charge is 0.497 e. The Labute approximate surface area is 119 Å². The van der Waals surface area contributed by atoms with E-state index in [9.17, 15) is 18.3 Å². The Morgan fingerprint density at radius 1 is 1.25 bits per heavy atom. The third-order valence-corrected chi connectivity index (χ3v) is 4.87. The van der Waals surface area contributed by atoms with Gasteiger partial charge in [-0.3, -0.25) is 4.79 Å². The van der Waals surface area contributed by atoms with Gasteiger partial charge in [0.2, 0.25) is 10.0 Å². The molecule has 1 aromatic rings. The summed E-state index contributed by atoms with van der Waals surface area (Å²) in [7, 11) is -1.10. The lowest BCUT2D eigenvalue weighted by Crippen LogP contribution is -2.45. The van der Waals surface area contributed by atoms with Gasteiger partial charge in [0, 0.05) is 7.05 Å². The van der Waals surface area contributed by atoms with Crippen molar-refractivity contribution in [3.05, 3.63) is 24.3 Å². The summed E-state index contributed by atoms with van der Waals surface area (Å²) in [5, 5.41) is 9.18. The van der Waals surface area contributed by atoms with E-state index < -0.39 is 22.0 Å². The van der Waals surface area contributed by atoms with Crippen LogP contribution in [0.4, 0.5) is 0 Å². The van der Waals surface area contributed by atoms with Gasteiger partial charge in [-0.25, -0.2) is 8.42 Å². The average Bonchev–Trinajstić information content (AvgIpc) is 2.37. The van der Waals surface area contributed by atoms with Crippen LogP contribution in [0.3, 0.4) is 0 Å². The molecule has 0 aliphatic rings. The molecule has 1 rings (SSSR count). The average molecular weight is 301 g/mol. The highest BCUT2D eigenvalue weighted by Gasteiger charge is 2.34. The fraction of sp³-hybridized carbons (Fsp3) is 0.462. The molecule has 1 N–H and O–H groups in total. The molecule has 1 aromatic carbocycles. The van der Waals surface area contributed by atoms with E-state index in [4.69, 9.17) is 4.74 Å². The number of methoxy groups -OCH3 is 1. The lowest BCUT2D eigenvalue weighted by Gasteiger charge is -2.27. The first kappa shape index (κ1) is 16.5. The number of carbonyl (C=O) groups is 1. The predicted molar refractivity (Wildman–Crippen MR) is 74.2 cm³/mol. The molecule has 112 valence electrons. The molecule has 0 aliphatic carbocycles. The van der Waals surface area contributed by atoms with Gasteiger partial charge in [0.15, 0.2) is 0 Å². The van der Waals surface area contributed by atoms with Gasteiger partial charge >= 0.3 is 5.97 Å². The van der Waals surface area contributed by atoms with Crippen molar-refractivity contribution in [3.8, 4) is 5.75 Å². The van der Waals surface area contributed by atoms with Crippen molar-refractivity contribution < 1.29 is 23.1 Å². The second-order valence-electron chi connectivity index (χ2n) is 4.72. The SMILES string of the molecule is COc1ccc(S(=O)(=O)N(C)C(C(=O)O)C(C)C)cc1.